The lowest BCUT2D eigenvalue weighted by Gasteiger charge is -2.19. The first kappa shape index (κ1) is 14.3. The number of methoxy groups -OCH3 is 2. The van der Waals surface area contributed by atoms with Gasteiger partial charge in [0.2, 0.25) is 0 Å². The van der Waals surface area contributed by atoms with Crippen molar-refractivity contribution < 1.29 is 19.4 Å². The van der Waals surface area contributed by atoms with Crippen LogP contribution in [0.15, 0.2) is 18.2 Å². The van der Waals surface area contributed by atoms with E-state index in [1.807, 2.05) is 6.92 Å². The van der Waals surface area contributed by atoms with Crippen LogP contribution < -0.4 is 10.1 Å². The SMILES string of the molecule is COC(=O)[C@H](C)NC(C)c1ccc(OC)cc1O. The molecule has 2 atom stereocenters. The van der Waals surface area contributed by atoms with E-state index >= 15 is 0 Å². The molecule has 0 saturated heterocycles. The molecule has 0 aliphatic carbocycles. The van der Waals surface area contributed by atoms with Gasteiger partial charge in [-0.15, -0.1) is 0 Å². The molecular formula is C13H19NO4. The van der Waals surface area contributed by atoms with Crippen LogP contribution in [0.25, 0.3) is 0 Å². The molecule has 0 fully saturated rings. The molecule has 1 aromatic rings. The molecule has 5 nitrogen and oxygen atoms in total. The summed E-state index contributed by atoms with van der Waals surface area (Å²) in [5.74, 6) is 0.380. The zero-order valence-corrected chi connectivity index (χ0v) is 11.1. The van der Waals surface area contributed by atoms with E-state index in [1.165, 1.54) is 20.3 Å². The maximum Gasteiger partial charge on any atom is 0.322 e. The quantitative estimate of drug-likeness (QED) is 0.780. The number of rotatable bonds is 5. The number of carbonyl (C=O) groups is 1. The van der Waals surface area contributed by atoms with Crippen molar-refractivity contribution in [2.24, 2.45) is 0 Å². The Bertz CT molecular complexity index is 419. The first-order valence-corrected chi connectivity index (χ1v) is 5.70. The molecule has 0 radical (unpaired) electrons. The highest BCUT2D eigenvalue weighted by Gasteiger charge is 2.18. The van der Waals surface area contributed by atoms with E-state index in [2.05, 4.69) is 10.1 Å². The second-order valence-corrected chi connectivity index (χ2v) is 4.06. The predicted molar refractivity (Wildman–Crippen MR) is 67.7 cm³/mol. The fourth-order valence-corrected chi connectivity index (χ4v) is 1.73. The Kier molecular flexibility index (Phi) is 4.97. The summed E-state index contributed by atoms with van der Waals surface area (Å²) in [4.78, 5) is 11.3. The lowest BCUT2D eigenvalue weighted by Crippen LogP contribution is -2.36. The third-order valence-corrected chi connectivity index (χ3v) is 2.76. The largest absolute Gasteiger partial charge is 0.507 e. The van der Waals surface area contributed by atoms with E-state index in [0.717, 1.165) is 0 Å². The lowest BCUT2D eigenvalue weighted by molar-refractivity contribution is -0.142. The highest BCUT2D eigenvalue weighted by Crippen LogP contribution is 2.28. The minimum absolute atomic E-state index is 0.131. The summed E-state index contributed by atoms with van der Waals surface area (Å²) in [6, 6.07) is 4.44. The Labute approximate surface area is 107 Å². The third-order valence-electron chi connectivity index (χ3n) is 2.76. The van der Waals surface area contributed by atoms with Crippen LogP contribution in [-0.2, 0) is 9.53 Å². The number of carbonyl (C=O) groups excluding carboxylic acids is 1. The Morgan fingerprint density at radius 1 is 1.33 bits per heavy atom. The van der Waals surface area contributed by atoms with Gasteiger partial charge < -0.3 is 14.6 Å². The van der Waals surface area contributed by atoms with Crippen LogP contribution in [-0.4, -0.2) is 31.3 Å². The van der Waals surface area contributed by atoms with E-state index < -0.39 is 6.04 Å². The Morgan fingerprint density at radius 3 is 2.50 bits per heavy atom. The van der Waals surface area contributed by atoms with Crippen molar-refractivity contribution in [2.45, 2.75) is 25.9 Å². The molecule has 1 unspecified atom stereocenters. The fraction of sp³-hybridized carbons (Fsp3) is 0.462. The van der Waals surface area contributed by atoms with Crippen LogP contribution in [0.2, 0.25) is 0 Å². The van der Waals surface area contributed by atoms with Crippen molar-refractivity contribution in [1.29, 1.82) is 0 Å². The highest BCUT2D eigenvalue weighted by atomic mass is 16.5. The molecule has 1 aromatic carbocycles. The first-order chi connectivity index (χ1) is 8.49. The molecule has 18 heavy (non-hydrogen) atoms. The van der Waals surface area contributed by atoms with Gasteiger partial charge in [-0.2, -0.15) is 0 Å². The fourth-order valence-electron chi connectivity index (χ4n) is 1.73. The number of esters is 1. The number of hydrogen-bond acceptors (Lipinski definition) is 5. The molecule has 0 saturated carbocycles. The second-order valence-electron chi connectivity index (χ2n) is 4.06. The standard InChI is InChI=1S/C13H19NO4/c1-8(14-9(2)13(16)18-4)11-6-5-10(17-3)7-12(11)15/h5-9,14-15H,1-4H3/t8?,9-/m0/s1. The summed E-state index contributed by atoms with van der Waals surface area (Å²) in [7, 11) is 2.88. The van der Waals surface area contributed by atoms with Crippen LogP contribution in [0, 0.1) is 0 Å². The van der Waals surface area contributed by atoms with Gasteiger partial charge in [0, 0.05) is 17.7 Å². The molecule has 2 N–H and O–H groups in total. The van der Waals surface area contributed by atoms with Crippen molar-refractivity contribution in [1.82, 2.24) is 5.32 Å². The van der Waals surface area contributed by atoms with Gasteiger partial charge >= 0.3 is 5.97 Å². The van der Waals surface area contributed by atoms with Crippen LogP contribution in [0.4, 0.5) is 0 Å². The lowest BCUT2D eigenvalue weighted by atomic mass is 10.1. The smallest absolute Gasteiger partial charge is 0.322 e. The summed E-state index contributed by atoms with van der Waals surface area (Å²) in [5.41, 5.74) is 0.701. The second kappa shape index (κ2) is 6.26. The van der Waals surface area contributed by atoms with Crippen LogP contribution in [0.1, 0.15) is 25.5 Å². The molecule has 0 heterocycles. The van der Waals surface area contributed by atoms with Crippen molar-refractivity contribution in [2.75, 3.05) is 14.2 Å². The van der Waals surface area contributed by atoms with Gasteiger partial charge in [-0.05, 0) is 19.9 Å². The van der Waals surface area contributed by atoms with Gasteiger partial charge in [-0.1, -0.05) is 6.07 Å². The molecule has 100 valence electrons. The Balaban J connectivity index is 2.78. The Morgan fingerprint density at radius 2 is 2.00 bits per heavy atom. The summed E-state index contributed by atoms with van der Waals surface area (Å²) in [6.07, 6.45) is 0. The molecule has 5 heteroatoms. The van der Waals surface area contributed by atoms with E-state index in [-0.39, 0.29) is 17.8 Å². The maximum absolute atomic E-state index is 11.3. The summed E-state index contributed by atoms with van der Waals surface area (Å²) < 4.78 is 9.64. The minimum atomic E-state index is -0.438. The number of ether oxygens (including phenoxy) is 2. The highest BCUT2D eigenvalue weighted by molar-refractivity contribution is 5.75. The maximum atomic E-state index is 11.3. The zero-order valence-electron chi connectivity index (χ0n) is 11.1. The van der Waals surface area contributed by atoms with Gasteiger partial charge in [0.15, 0.2) is 0 Å². The topological polar surface area (TPSA) is 67.8 Å². The number of aromatic hydroxyl groups is 1. The molecule has 0 spiro atoms. The molecular weight excluding hydrogens is 234 g/mol. The van der Waals surface area contributed by atoms with Crippen molar-refractivity contribution >= 4 is 5.97 Å². The van der Waals surface area contributed by atoms with Crippen molar-refractivity contribution in [3.05, 3.63) is 23.8 Å². The average Bonchev–Trinajstić information content (AvgIpc) is 2.37. The summed E-state index contributed by atoms with van der Waals surface area (Å²) in [5, 5.41) is 12.9. The minimum Gasteiger partial charge on any atom is -0.507 e. The molecule has 0 aromatic heterocycles. The van der Waals surface area contributed by atoms with E-state index in [1.54, 1.807) is 19.1 Å². The number of phenolic OH excluding ortho intramolecular Hbond substituents is 1. The van der Waals surface area contributed by atoms with Gasteiger partial charge in [-0.3, -0.25) is 10.1 Å². The van der Waals surface area contributed by atoms with Gasteiger partial charge in [0.25, 0.3) is 0 Å². The average molecular weight is 253 g/mol. The third kappa shape index (κ3) is 3.37. The van der Waals surface area contributed by atoms with Crippen molar-refractivity contribution in [3.63, 3.8) is 0 Å². The normalized spacial score (nSPS) is 13.8. The van der Waals surface area contributed by atoms with Crippen LogP contribution in [0.3, 0.4) is 0 Å². The monoisotopic (exact) mass is 253 g/mol. The number of benzene rings is 1. The van der Waals surface area contributed by atoms with E-state index in [4.69, 9.17) is 4.74 Å². The van der Waals surface area contributed by atoms with Crippen molar-refractivity contribution in [3.8, 4) is 11.5 Å². The predicted octanol–water partition coefficient (Wildman–Crippen LogP) is 1.61. The molecule has 0 amide bonds. The zero-order chi connectivity index (χ0) is 13.7. The van der Waals surface area contributed by atoms with Gasteiger partial charge in [0.1, 0.15) is 17.5 Å². The van der Waals surface area contributed by atoms with E-state index in [0.29, 0.717) is 11.3 Å². The molecule has 0 aliphatic heterocycles. The number of hydrogen-bond donors (Lipinski definition) is 2. The Hall–Kier alpha value is -1.75. The number of nitrogens with one attached hydrogen (secondary N) is 1. The van der Waals surface area contributed by atoms with E-state index in [9.17, 15) is 9.90 Å². The summed E-state index contributed by atoms with van der Waals surface area (Å²) >= 11 is 0. The molecule has 0 aliphatic rings. The molecule has 1 rings (SSSR count). The molecule has 0 bridgehead atoms. The first-order valence-electron chi connectivity index (χ1n) is 5.70. The van der Waals surface area contributed by atoms with Crippen LogP contribution in [0.5, 0.6) is 11.5 Å². The number of phenols is 1. The van der Waals surface area contributed by atoms with Gasteiger partial charge in [0.05, 0.1) is 14.2 Å². The summed E-state index contributed by atoms with van der Waals surface area (Å²) in [6.45, 7) is 3.57. The van der Waals surface area contributed by atoms with Gasteiger partial charge in [-0.25, -0.2) is 0 Å². The van der Waals surface area contributed by atoms with Crippen LogP contribution >= 0.6 is 0 Å².